The molecule has 7 nitrogen and oxygen atoms in total. The van der Waals surface area contributed by atoms with Crippen molar-refractivity contribution < 1.29 is 18.8 Å². The summed E-state index contributed by atoms with van der Waals surface area (Å²) in [5.41, 5.74) is 1.22. The minimum atomic E-state index is -0.270. The topological polar surface area (TPSA) is 86.5 Å². The maximum Gasteiger partial charge on any atom is 0.257 e. The molecule has 0 radical (unpaired) electrons. The van der Waals surface area contributed by atoms with E-state index >= 15 is 0 Å². The van der Waals surface area contributed by atoms with Gasteiger partial charge in [0, 0.05) is 5.56 Å². The van der Waals surface area contributed by atoms with Crippen LogP contribution in [0.5, 0.6) is 11.5 Å². The zero-order valence-corrected chi connectivity index (χ0v) is 13.9. The molecule has 1 heterocycles. The predicted molar refractivity (Wildman–Crippen MR) is 90.5 cm³/mol. The number of hydrogen-bond donors (Lipinski definition) is 1. The molecule has 7 heteroatoms. The molecule has 128 valence electrons. The molecule has 0 saturated carbocycles. The lowest BCUT2D eigenvalue weighted by Gasteiger charge is -2.07. The van der Waals surface area contributed by atoms with Crippen molar-refractivity contribution in [1.82, 2.24) is 15.5 Å². The fourth-order valence-electron chi connectivity index (χ4n) is 2.26. The lowest BCUT2D eigenvalue weighted by atomic mass is 10.2. The number of ether oxygens (including phenoxy) is 2. The van der Waals surface area contributed by atoms with Crippen molar-refractivity contribution >= 4 is 5.91 Å². The van der Waals surface area contributed by atoms with Gasteiger partial charge in [-0.2, -0.15) is 4.98 Å². The Balaban J connectivity index is 1.66. The SMILES string of the molecule is COc1ccc(-c2nc(CNC(=O)c3ccccc3OC)no2)cc1. The van der Waals surface area contributed by atoms with Crippen LogP contribution in [0.2, 0.25) is 0 Å². The number of para-hydroxylation sites is 1. The highest BCUT2D eigenvalue weighted by atomic mass is 16.5. The van der Waals surface area contributed by atoms with E-state index in [2.05, 4.69) is 15.5 Å². The quantitative estimate of drug-likeness (QED) is 0.743. The van der Waals surface area contributed by atoms with Crippen molar-refractivity contribution in [3.8, 4) is 23.0 Å². The molecular weight excluding hydrogens is 322 g/mol. The molecule has 25 heavy (non-hydrogen) atoms. The van der Waals surface area contributed by atoms with E-state index in [1.807, 2.05) is 24.3 Å². The first kappa shape index (κ1) is 16.5. The third kappa shape index (κ3) is 3.77. The Hall–Kier alpha value is -3.35. The fraction of sp³-hybridized carbons (Fsp3) is 0.167. The minimum absolute atomic E-state index is 0.149. The van der Waals surface area contributed by atoms with E-state index in [1.54, 1.807) is 31.4 Å². The molecular formula is C18H17N3O4. The zero-order chi connectivity index (χ0) is 17.6. The summed E-state index contributed by atoms with van der Waals surface area (Å²) in [6.45, 7) is 0.149. The maximum atomic E-state index is 12.3. The molecule has 0 bridgehead atoms. The second-order valence-corrected chi connectivity index (χ2v) is 5.13. The van der Waals surface area contributed by atoms with Crippen LogP contribution < -0.4 is 14.8 Å². The van der Waals surface area contributed by atoms with Crippen molar-refractivity contribution in [3.05, 3.63) is 59.9 Å². The number of hydrogen-bond acceptors (Lipinski definition) is 6. The Kier molecular flexibility index (Phi) is 4.94. The third-order valence-electron chi connectivity index (χ3n) is 3.56. The van der Waals surface area contributed by atoms with Crippen LogP contribution in [-0.4, -0.2) is 30.3 Å². The predicted octanol–water partition coefficient (Wildman–Crippen LogP) is 2.68. The highest BCUT2D eigenvalue weighted by Crippen LogP contribution is 2.21. The van der Waals surface area contributed by atoms with Crippen LogP contribution in [0, 0.1) is 0 Å². The van der Waals surface area contributed by atoms with Crippen molar-refractivity contribution in [1.29, 1.82) is 0 Å². The van der Waals surface area contributed by atoms with Crippen molar-refractivity contribution in [2.45, 2.75) is 6.54 Å². The number of rotatable bonds is 6. The average molecular weight is 339 g/mol. The third-order valence-corrected chi connectivity index (χ3v) is 3.56. The van der Waals surface area contributed by atoms with Crippen LogP contribution in [0.25, 0.3) is 11.5 Å². The summed E-state index contributed by atoms with van der Waals surface area (Å²) in [5, 5.41) is 6.63. The van der Waals surface area contributed by atoms with E-state index in [4.69, 9.17) is 14.0 Å². The van der Waals surface area contributed by atoms with Crippen molar-refractivity contribution in [2.75, 3.05) is 14.2 Å². The number of methoxy groups -OCH3 is 2. The number of aromatic nitrogens is 2. The van der Waals surface area contributed by atoms with Crippen LogP contribution in [0.4, 0.5) is 0 Å². The van der Waals surface area contributed by atoms with Gasteiger partial charge in [-0.1, -0.05) is 17.3 Å². The summed E-state index contributed by atoms with van der Waals surface area (Å²) >= 11 is 0. The van der Waals surface area contributed by atoms with Gasteiger partial charge in [-0.15, -0.1) is 0 Å². The van der Waals surface area contributed by atoms with Crippen LogP contribution in [0.3, 0.4) is 0 Å². The number of amides is 1. The Morgan fingerprint density at radius 3 is 2.56 bits per heavy atom. The molecule has 3 rings (SSSR count). The largest absolute Gasteiger partial charge is 0.497 e. The van der Waals surface area contributed by atoms with E-state index in [0.717, 1.165) is 11.3 Å². The molecule has 1 N–H and O–H groups in total. The maximum absolute atomic E-state index is 12.3. The van der Waals surface area contributed by atoms with Crippen LogP contribution >= 0.6 is 0 Å². The molecule has 0 aliphatic heterocycles. The Labute approximate surface area is 144 Å². The second-order valence-electron chi connectivity index (χ2n) is 5.13. The highest BCUT2D eigenvalue weighted by Gasteiger charge is 2.13. The fourth-order valence-corrected chi connectivity index (χ4v) is 2.26. The Bertz CT molecular complexity index is 859. The summed E-state index contributed by atoms with van der Waals surface area (Å²) in [7, 11) is 3.12. The molecule has 0 fully saturated rings. The Morgan fingerprint density at radius 2 is 1.84 bits per heavy atom. The molecule has 0 aliphatic carbocycles. The first-order valence-corrected chi connectivity index (χ1v) is 7.59. The van der Waals surface area contributed by atoms with E-state index < -0.39 is 0 Å². The normalized spacial score (nSPS) is 10.3. The van der Waals surface area contributed by atoms with Gasteiger partial charge in [-0.3, -0.25) is 4.79 Å². The standard InChI is InChI=1S/C18H17N3O4/c1-23-13-9-7-12(8-10-13)18-20-16(21-25-18)11-19-17(22)14-5-3-4-6-15(14)24-2/h3-10H,11H2,1-2H3,(H,19,22). The van der Waals surface area contributed by atoms with Gasteiger partial charge in [0.1, 0.15) is 11.5 Å². The second kappa shape index (κ2) is 7.48. The minimum Gasteiger partial charge on any atom is -0.497 e. The number of carbonyl (C=O) groups is 1. The molecule has 2 aromatic carbocycles. The molecule has 0 atom stereocenters. The summed E-state index contributed by atoms with van der Waals surface area (Å²) in [4.78, 5) is 16.5. The molecule has 0 unspecified atom stereocenters. The first-order chi connectivity index (χ1) is 12.2. The van der Waals surface area contributed by atoms with Gasteiger partial charge in [0.05, 0.1) is 26.3 Å². The van der Waals surface area contributed by atoms with Crippen LogP contribution in [0.15, 0.2) is 53.1 Å². The molecule has 1 aromatic heterocycles. The monoisotopic (exact) mass is 339 g/mol. The summed E-state index contributed by atoms with van der Waals surface area (Å²) in [6.07, 6.45) is 0. The molecule has 0 aliphatic rings. The molecule has 3 aromatic rings. The Morgan fingerprint density at radius 1 is 1.08 bits per heavy atom. The van der Waals surface area contributed by atoms with E-state index in [9.17, 15) is 4.79 Å². The van der Waals surface area contributed by atoms with E-state index in [-0.39, 0.29) is 12.5 Å². The molecule has 1 amide bonds. The van der Waals surface area contributed by atoms with Gasteiger partial charge in [0.15, 0.2) is 5.82 Å². The van der Waals surface area contributed by atoms with Gasteiger partial charge in [-0.25, -0.2) is 0 Å². The van der Waals surface area contributed by atoms with Gasteiger partial charge in [-0.05, 0) is 36.4 Å². The highest BCUT2D eigenvalue weighted by molar-refractivity contribution is 5.96. The number of benzene rings is 2. The smallest absolute Gasteiger partial charge is 0.257 e. The van der Waals surface area contributed by atoms with Crippen molar-refractivity contribution in [2.24, 2.45) is 0 Å². The number of nitrogens with one attached hydrogen (secondary N) is 1. The molecule has 0 saturated heterocycles. The van der Waals surface area contributed by atoms with Gasteiger partial charge in [0.25, 0.3) is 11.8 Å². The number of nitrogens with zero attached hydrogens (tertiary/aromatic N) is 2. The molecule has 0 spiro atoms. The number of carbonyl (C=O) groups excluding carboxylic acids is 1. The van der Waals surface area contributed by atoms with Gasteiger partial charge >= 0.3 is 0 Å². The summed E-state index contributed by atoms with van der Waals surface area (Å²) in [6, 6.07) is 14.3. The van der Waals surface area contributed by atoms with Gasteiger partial charge in [0.2, 0.25) is 0 Å². The van der Waals surface area contributed by atoms with Crippen LogP contribution in [-0.2, 0) is 6.54 Å². The zero-order valence-electron chi connectivity index (χ0n) is 13.9. The van der Waals surface area contributed by atoms with Gasteiger partial charge < -0.3 is 19.3 Å². The average Bonchev–Trinajstić information content (AvgIpc) is 3.15. The lowest BCUT2D eigenvalue weighted by molar-refractivity contribution is 0.0946. The summed E-state index contributed by atoms with van der Waals surface area (Å²) in [5.74, 6) is 1.74. The van der Waals surface area contributed by atoms with Crippen molar-refractivity contribution in [3.63, 3.8) is 0 Å². The van der Waals surface area contributed by atoms with E-state index in [0.29, 0.717) is 23.0 Å². The first-order valence-electron chi connectivity index (χ1n) is 7.59. The lowest BCUT2D eigenvalue weighted by Crippen LogP contribution is -2.23. The van der Waals surface area contributed by atoms with Crippen LogP contribution in [0.1, 0.15) is 16.2 Å². The summed E-state index contributed by atoms with van der Waals surface area (Å²) < 4.78 is 15.5. The van der Waals surface area contributed by atoms with E-state index in [1.165, 1.54) is 7.11 Å².